The Hall–Kier alpha value is -1.29. The lowest BCUT2D eigenvalue weighted by Gasteiger charge is -2.10. The second-order valence-corrected chi connectivity index (χ2v) is 3.85. The van der Waals surface area contributed by atoms with Gasteiger partial charge in [0.25, 0.3) is 0 Å². The zero-order valence-corrected chi connectivity index (χ0v) is 9.61. The Bertz CT molecular complexity index is 438. The second-order valence-electron chi connectivity index (χ2n) is 3.44. The van der Waals surface area contributed by atoms with Gasteiger partial charge in [0.15, 0.2) is 5.78 Å². The Balaban J connectivity index is 3.04. The summed E-state index contributed by atoms with van der Waals surface area (Å²) in [5.74, 6) is -0.355. The van der Waals surface area contributed by atoms with E-state index in [1.165, 1.54) is 6.07 Å². The molecule has 5 heteroatoms. The summed E-state index contributed by atoms with van der Waals surface area (Å²) in [5, 5.41) is -0.405. The molecule has 17 heavy (non-hydrogen) atoms. The molecule has 1 aromatic carbocycles. The Labute approximate surface area is 102 Å². The van der Waals surface area contributed by atoms with Crippen LogP contribution in [-0.4, -0.2) is 5.78 Å². The van der Waals surface area contributed by atoms with Crippen molar-refractivity contribution < 1.29 is 18.0 Å². The van der Waals surface area contributed by atoms with Crippen molar-refractivity contribution in [3.8, 4) is 0 Å². The van der Waals surface area contributed by atoms with Crippen LogP contribution in [0.15, 0.2) is 30.9 Å². The van der Waals surface area contributed by atoms with E-state index >= 15 is 0 Å². The highest BCUT2D eigenvalue weighted by atomic mass is 35.5. The summed E-state index contributed by atoms with van der Waals surface area (Å²) in [5.41, 5.74) is -0.966. The third-order valence-electron chi connectivity index (χ3n) is 2.17. The minimum atomic E-state index is -4.55. The van der Waals surface area contributed by atoms with Gasteiger partial charge in [0.05, 0.1) is 10.6 Å². The molecule has 1 aromatic rings. The van der Waals surface area contributed by atoms with E-state index in [9.17, 15) is 18.0 Å². The molecule has 0 atom stereocenters. The van der Waals surface area contributed by atoms with Crippen LogP contribution >= 0.6 is 11.6 Å². The maximum atomic E-state index is 12.5. The number of Topliss-reactive ketones (excluding diaryl/α,β-unsaturated/α-hetero) is 1. The third kappa shape index (κ3) is 3.60. The lowest BCUT2D eigenvalue weighted by molar-refractivity contribution is -0.137. The van der Waals surface area contributed by atoms with Crippen molar-refractivity contribution in [2.75, 3.05) is 0 Å². The first kappa shape index (κ1) is 13.8. The SMILES string of the molecule is C=CCCC(=O)c1ccc(Cl)c(C(F)(F)F)c1. The lowest BCUT2D eigenvalue weighted by Crippen LogP contribution is -2.08. The highest BCUT2D eigenvalue weighted by Crippen LogP contribution is 2.35. The van der Waals surface area contributed by atoms with Gasteiger partial charge in [-0.1, -0.05) is 17.7 Å². The number of halogens is 4. The molecule has 0 radical (unpaired) electrons. The Morgan fingerprint density at radius 3 is 2.59 bits per heavy atom. The minimum Gasteiger partial charge on any atom is -0.294 e. The fourth-order valence-corrected chi connectivity index (χ4v) is 1.52. The third-order valence-corrected chi connectivity index (χ3v) is 2.50. The molecule has 0 bridgehead atoms. The van der Waals surface area contributed by atoms with Crippen molar-refractivity contribution in [2.45, 2.75) is 19.0 Å². The van der Waals surface area contributed by atoms with Crippen molar-refractivity contribution in [2.24, 2.45) is 0 Å². The van der Waals surface area contributed by atoms with Gasteiger partial charge in [-0.2, -0.15) is 13.2 Å². The first-order valence-electron chi connectivity index (χ1n) is 4.87. The summed E-state index contributed by atoms with van der Waals surface area (Å²) in [6.45, 7) is 3.44. The van der Waals surface area contributed by atoms with E-state index in [-0.39, 0.29) is 17.8 Å². The van der Waals surface area contributed by atoms with Crippen LogP contribution < -0.4 is 0 Å². The van der Waals surface area contributed by atoms with Crippen LogP contribution in [0.5, 0.6) is 0 Å². The Morgan fingerprint density at radius 2 is 2.06 bits per heavy atom. The largest absolute Gasteiger partial charge is 0.417 e. The number of hydrogen-bond donors (Lipinski definition) is 0. The van der Waals surface area contributed by atoms with Crippen LogP contribution in [0.4, 0.5) is 13.2 Å². The molecule has 92 valence electrons. The summed E-state index contributed by atoms with van der Waals surface area (Å²) in [7, 11) is 0. The molecule has 0 amide bonds. The molecule has 0 heterocycles. The summed E-state index contributed by atoms with van der Waals surface area (Å²) in [6.07, 6.45) is -2.43. The van der Waals surface area contributed by atoms with Gasteiger partial charge in [-0.3, -0.25) is 4.79 Å². The molecular formula is C12H10ClF3O. The summed E-state index contributed by atoms with van der Waals surface area (Å²) >= 11 is 5.44. The van der Waals surface area contributed by atoms with Gasteiger partial charge in [-0.05, 0) is 24.6 Å². The fraction of sp³-hybridized carbons (Fsp3) is 0.250. The average Bonchev–Trinajstić information content (AvgIpc) is 2.25. The standard InChI is InChI=1S/C12H10ClF3O/c1-2-3-4-11(17)8-5-6-10(13)9(7-8)12(14,15)16/h2,5-7H,1,3-4H2. The molecule has 0 fully saturated rings. The topological polar surface area (TPSA) is 17.1 Å². The van der Waals surface area contributed by atoms with E-state index in [0.717, 1.165) is 12.1 Å². The van der Waals surface area contributed by atoms with E-state index in [0.29, 0.717) is 6.42 Å². The number of alkyl halides is 3. The summed E-state index contributed by atoms with van der Waals surface area (Å²) < 4.78 is 37.6. The second kappa shape index (κ2) is 5.36. The van der Waals surface area contributed by atoms with E-state index < -0.39 is 16.8 Å². The number of ketones is 1. The first-order valence-corrected chi connectivity index (χ1v) is 5.25. The van der Waals surface area contributed by atoms with Gasteiger partial charge >= 0.3 is 6.18 Å². The van der Waals surface area contributed by atoms with Crippen LogP contribution in [0.3, 0.4) is 0 Å². The van der Waals surface area contributed by atoms with Gasteiger partial charge in [-0.25, -0.2) is 0 Å². The maximum Gasteiger partial charge on any atom is 0.417 e. The minimum absolute atomic E-state index is 0.0172. The molecule has 0 N–H and O–H groups in total. The lowest BCUT2D eigenvalue weighted by atomic mass is 10.0. The predicted molar refractivity (Wildman–Crippen MR) is 60.2 cm³/mol. The van der Waals surface area contributed by atoms with Crippen molar-refractivity contribution in [1.29, 1.82) is 0 Å². The molecule has 1 nitrogen and oxygen atoms in total. The number of benzene rings is 1. The van der Waals surface area contributed by atoms with E-state index in [1.807, 2.05) is 0 Å². The van der Waals surface area contributed by atoms with Gasteiger partial charge in [-0.15, -0.1) is 6.58 Å². The molecule has 0 aliphatic rings. The van der Waals surface area contributed by atoms with Crippen molar-refractivity contribution in [1.82, 2.24) is 0 Å². The smallest absolute Gasteiger partial charge is 0.294 e. The van der Waals surface area contributed by atoms with E-state index in [2.05, 4.69) is 6.58 Å². The quantitative estimate of drug-likeness (QED) is 0.576. The summed E-state index contributed by atoms with van der Waals surface area (Å²) in [6, 6.07) is 3.17. The molecule has 0 spiro atoms. The predicted octanol–water partition coefficient (Wildman–Crippen LogP) is 4.51. The van der Waals surface area contributed by atoms with E-state index in [1.54, 1.807) is 6.08 Å². The van der Waals surface area contributed by atoms with Crippen molar-refractivity contribution in [3.05, 3.63) is 47.0 Å². The van der Waals surface area contributed by atoms with Gasteiger partial charge in [0, 0.05) is 12.0 Å². The molecule has 0 saturated carbocycles. The highest BCUT2D eigenvalue weighted by molar-refractivity contribution is 6.31. The van der Waals surface area contributed by atoms with E-state index in [4.69, 9.17) is 11.6 Å². The number of hydrogen-bond acceptors (Lipinski definition) is 1. The number of allylic oxidation sites excluding steroid dienone is 1. The fourth-order valence-electron chi connectivity index (χ4n) is 1.29. The molecule has 1 rings (SSSR count). The maximum absolute atomic E-state index is 12.5. The average molecular weight is 263 g/mol. The first-order chi connectivity index (χ1) is 7.86. The van der Waals surface area contributed by atoms with Crippen LogP contribution in [0.25, 0.3) is 0 Å². The summed E-state index contributed by atoms with van der Waals surface area (Å²) in [4.78, 5) is 11.5. The Kier molecular flexibility index (Phi) is 4.34. The van der Waals surface area contributed by atoms with Crippen molar-refractivity contribution in [3.63, 3.8) is 0 Å². The van der Waals surface area contributed by atoms with Crippen LogP contribution in [0.1, 0.15) is 28.8 Å². The highest BCUT2D eigenvalue weighted by Gasteiger charge is 2.33. The van der Waals surface area contributed by atoms with Gasteiger partial charge < -0.3 is 0 Å². The molecule has 0 saturated heterocycles. The van der Waals surface area contributed by atoms with Crippen LogP contribution in [0, 0.1) is 0 Å². The zero-order chi connectivity index (χ0) is 13.1. The number of carbonyl (C=O) groups excluding carboxylic acids is 1. The molecule has 0 aliphatic carbocycles. The normalized spacial score (nSPS) is 11.3. The molecule has 0 aliphatic heterocycles. The van der Waals surface area contributed by atoms with Crippen LogP contribution in [-0.2, 0) is 6.18 Å². The molecular weight excluding hydrogens is 253 g/mol. The number of carbonyl (C=O) groups is 1. The van der Waals surface area contributed by atoms with Gasteiger partial charge in [0.1, 0.15) is 0 Å². The zero-order valence-electron chi connectivity index (χ0n) is 8.85. The number of rotatable bonds is 4. The van der Waals surface area contributed by atoms with Crippen molar-refractivity contribution >= 4 is 17.4 Å². The molecule has 0 unspecified atom stereocenters. The van der Waals surface area contributed by atoms with Crippen LogP contribution in [0.2, 0.25) is 5.02 Å². The monoisotopic (exact) mass is 262 g/mol. The molecule has 0 aromatic heterocycles. The van der Waals surface area contributed by atoms with Gasteiger partial charge in [0.2, 0.25) is 0 Å². The Morgan fingerprint density at radius 1 is 1.41 bits per heavy atom.